The number of non-ortho nitro benzene ring substituents is 1. The lowest BCUT2D eigenvalue weighted by atomic mass is 10.2. The highest BCUT2D eigenvalue weighted by atomic mass is 32.2. The van der Waals surface area contributed by atoms with Crippen LogP contribution in [0.5, 0.6) is 0 Å². The van der Waals surface area contributed by atoms with Crippen molar-refractivity contribution in [2.24, 2.45) is 0 Å². The summed E-state index contributed by atoms with van der Waals surface area (Å²) in [5.41, 5.74) is -0.109. The van der Waals surface area contributed by atoms with Crippen molar-refractivity contribution in [1.29, 1.82) is 0 Å². The van der Waals surface area contributed by atoms with E-state index in [4.69, 9.17) is 0 Å². The van der Waals surface area contributed by atoms with Crippen LogP contribution in [0, 0.1) is 10.1 Å². The lowest BCUT2D eigenvalue weighted by Gasteiger charge is -2.33. The fraction of sp³-hybridized carbons (Fsp3) is 0.647. The van der Waals surface area contributed by atoms with Crippen molar-refractivity contribution in [3.63, 3.8) is 0 Å². The van der Waals surface area contributed by atoms with Crippen molar-refractivity contribution in [2.75, 3.05) is 38.5 Å². The quantitative estimate of drug-likeness (QED) is 0.439. The molecule has 1 aromatic carbocycles. The number of hydrogen-bond donors (Lipinski definition) is 0. The molecule has 0 bridgehead atoms. The Morgan fingerprint density at radius 2 is 1.52 bits per heavy atom. The van der Waals surface area contributed by atoms with Gasteiger partial charge in [-0.25, -0.2) is 8.42 Å². The van der Waals surface area contributed by atoms with Gasteiger partial charge in [-0.3, -0.25) is 15.0 Å². The smallest absolute Gasteiger partial charge is 0.269 e. The molecule has 25 heavy (non-hydrogen) atoms. The third kappa shape index (κ3) is 6.05. The summed E-state index contributed by atoms with van der Waals surface area (Å²) in [5, 5.41) is 10.7. The van der Waals surface area contributed by atoms with Crippen LogP contribution in [0.15, 0.2) is 29.2 Å². The van der Waals surface area contributed by atoms with E-state index in [1.54, 1.807) is 0 Å². The predicted octanol–water partition coefficient (Wildman–Crippen LogP) is 2.42. The summed E-state index contributed by atoms with van der Waals surface area (Å²) in [7, 11) is -3.52. The van der Waals surface area contributed by atoms with Crippen molar-refractivity contribution in [1.82, 2.24) is 9.80 Å². The molecular weight excluding hydrogens is 342 g/mol. The van der Waals surface area contributed by atoms with E-state index in [9.17, 15) is 18.5 Å². The van der Waals surface area contributed by atoms with Gasteiger partial charge in [-0.15, -0.1) is 0 Å². The second-order valence-corrected chi connectivity index (χ2v) is 7.93. The zero-order chi connectivity index (χ0) is 19.0. The minimum absolute atomic E-state index is 0.00297. The van der Waals surface area contributed by atoms with Crippen molar-refractivity contribution >= 4 is 15.5 Å². The molecule has 8 heteroatoms. The summed E-state index contributed by atoms with van der Waals surface area (Å²) >= 11 is 0. The highest BCUT2D eigenvalue weighted by Crippen LogP contribution is 2.19. The zero-order valence-electron chi connectivity index (χ0n) is 15.5. The maximum Gasteiger partial charge on any atom is 0.269 e. The van der Waals surface area contributed by atoms with Crippen molar-refractivity contribution < 1.29 is 13.3 Å². The molecule has 0 heterocycles. The second kappa shape index (κ2) is 9.84. The topological polar surface area (TPSA) is 83.8 Å². The molecule has 0 aliphatic carbocycles. The van der Waals surface area contributed by atoms with Gasteiger partial charge in [0.1, 0.15) is 0 Å². The van der Waals surface area contributed by atoms with Gasteiger partial charge in [-0.05, 0) is 38.3 Å². The van der Waals surface area contributed by atoms with E-state index < -0.39 is 14.8 Å². The first-order valence-corrected chi connectivity index (χ1v) is 10.4. The van der Waals surface area contributed by atoms with Crippen molar-refractivity contribution in [3.8, 4) is 0 Å². The predicted molar refractivity (Wildman–Crippen MR) is 99.6 cm³/mol. The minimum atomic E-state index is -3.52. The summed E-state index contributed by atoms with van der Waals surface area (Å²) in [5.74, 6) is 0.00297. The first-order chi connectivity index (χ1) is 11.8. The minimum Gasteiger partial charge on any atom is -0.302 e. The molecule has 142 valence electrons. The number of likely N-dealkylation sites (N-methyl/N-ethyl adjacent to an activating group) is 2. The number of hydrogen-bond acceptors (Lipinski definition) is 6. The molecule has 0 saturated heterocycles. The number of rotatable bonds is 11. The molecule has 1 rings (SSSR count). The average molecular weight is 372 g/mol. The van der Waals surface area contributed by atoms with Crippen LogP contribution in [0.1, 0.15) is 27.7 Å². The number of sulfone groups is 1. The van der Waals surface area contributed by atoms with Crippen molar-refractivity contribution in [3.05, 3.63) is 34.4 Å². The Hall–Kier alpha value is -1.51. The van der Waals surface area contributed by atoms with Gasteiger partial charge in [-0.2, -0.15) is 0 Å². The summed E-state index contributed by atoms with van der Waals surface area (Å²) in [6.45, 7) is 12.1. The van der Waals surface area contributed by atoms with Crippen LogP contribution in [0.25, 0.3) is 0 Å². The van der Waals surface area contributed by atoms with Gasteiger partial charge in [0.15, 0.2) is 9.84 Å². The number of nitrogens with zero attached hydrogens (tertiary/aromatic N) is 3. The molecule has 0 radical (unpaired) electrons. The third-order valence-electron chi connectivity index (χ3n) is 4.51. The standard InChI is InChI=1S/C17H29N3O4S/c1-5-18(6-2)13-16(19(7-3)8-4)14-25(23,24)17-11-9-15(10-12-17)20(21)22/h9-12,16H,5-8,13-14H2,1-4H3. The molecule has 1 atom stereocenters. The fourth-order valence-electron chi connectivity index (χ4n) is 2.92. The molecule has 0 N–H and O–H groups in total. The van der Waals surface area contributed by atoms with Crippen LogP contribution >= 0.6 is 0 Å². The maximum absolute atomic E-state index is 12.8. The van der Waals surface area contributed by atoms with Crippen LogP contribution in [0.2, 0.25) is 0 Å². The van der Waals surface area contributed by atoms with Gasteiger partial charge >= 0.3 is 0 Å². The average Bonchev–Trinajstić information content (AvgIpc) is 2.60. The van der Waals surface area contributed by atoms with Crippen LogP contribution in [0.4, 0.5) is 5.69 Å². The van der Waals surface area contributed by atoms with Gasteiger partial charge < -0.3 is 4.90 Å². The van der Waals surface area contributed by atoms with E-state index in [2.05, 4.69) is 23.6 Å². The Balaban J connectivity index is 3.05. The van der Waals surface area contributed by atoms with Crippen LogP contribution in [-0.4, -0.2) is 67.7 Å². The van der Waals surface area contributed by atoms with E-state index >= 15 is 0 Å². The number of nitro benzene ring substituents is 1. The number of nitro groups is 1. The largest absolute Gasteiger partial charge is 0.302 e. The van der Waals surface area contributed by atoms with Gasteiger partial charge in [0.05, 0.1) is 15.6 Å². The Morgan fingerprint density at radius 3 is 1.92 bits per heavy atom. The second-order valence-electron chi connectivity index (χ2n) is 5.89. The Bertz CT molecular complexity index is 638. The Morgan fingerprint density at radius 1 is 1.00 bits per heavy atom. The van der Waals surface area contributed by atoms with Gasteiger partial charge in [-0.1, -0.05) is 27.7 Å². The first-order valence-electron chi connectivity index (χ1n) is 8.72. The van der Waals surface area contributed by atoms with Gasteiger partial charge in [0, 0.05) is 24.7 Å². The molecule has 0 aliphatic rings. The third-order valence-corrected chi connectivity index (χ3v) is 6.32. The zero-order valence-corrected chi connectivity index (χ0v) is 16.3. The molecule has 0 spiro atoms. The normalized spacial score (nSPS) is 13.4. The lowest BCUT2D eigenvalue weighted by molar-refractivity contribution is -0.384. The van der Waals surface area contributed by atoms with E-state index in [0.717, 1.165) is 26.2 Å². The Kier molecular flexibility index (Phi) is 8.47. The van der Waals surface area contributed by atoms with E-state index in [1.165, 1.54) is 24.3 Å². The molecule has 0 amide bonds. The van der Waals surface area contributed by atoms with Crippen LogP contribution < -0.4 is 0 Å². The number of benzene rings is 1. The first kappa shape index (κ1) is 21.5. The van der Waals surface area contributed by atoms with Crippen LogP contribution in [0.3, 0.4) is 0 Å². The highest BCUT2D eigenvalue weighted by molar-refractivity contribution is 7.91. The molecule has 7 nitrogen and oxygen atoms in total. The highest BCUT2D eigenvalue weighted by Gasteiger charge is 2.26. The maximum atomic E-state index is 12.8. The fourth-order valence-corrected chi connectivity index (χ4v) is 4.48. The molecule has 1 unspecified atom stereocenters. The van der Waals surface area contributed by atoms with Crippen LogP contribution in [-0.2, 0) is 9.84 Å². The summed E-state index contributed by atoms with van der Waals surface area (Å²) < 4.78 is 25.6. The SMILES string of the molecule is CCN(CC)CC(CS(=O)(=O)c1ccc([N+](=O)[O-])cc1)N(CC)CC. The monoisotopic (exact) mass is 371 g/mol. The molecular formula is C17H29N3O4S. The van der Waals surface area contributed by atoms with E-state index in [1.807, 2.05) is 13.8 Å². The van der Waals surface area contributed by atoms with Gasteiger partial charge in [0.25, 0.3) is 5.69 Å². The summed E-state index contributed by atoms with van der Waals surface area (Å²) in [4.78, 5) is 14.7. The van der Waals surface area contributed by atoms with Crippen molar-refractivity contribution in [2.45, 2.75) is 38.6 Å². The van der Waals surface area contributed by atoms with E-state index in [0.29, 0.717) is 6.54 Å². The Labute approximate surface area is 150 Å². The molecule has 0 aromatic heterocycles. The molecule has 0 aliphatic heterocycles. The summed E-state index contributed by atoms with van der Waals surface area (Å²) in [6.07, 6.45) is 0. The molecule has 1 aromatic rings. The van der Waals surface area contributed by atoms with Gasteiger partial charge in [0.2, 0.25) is 0 Å². The summed E-state index contributed by atoms with van der Waals surface area (Å²) in [6, 6.07) is 5.01. The van der Waals surface area contributed by atoms with E-state index in [-0.39, 0.29) is 22.4 Å². The lowest BCUT2D eigenvalue weighted by Crippen LogP contribution is -2.47. The molecule has 0 fully saturated rings. The molecule has 0 saturated carbocycles.